The summed E-state index contributed by atoms with van der Waals surface area (Å²) in [7, 11) is 0. The second kappa shape index (κ2) is 8.18. The van der Waals surface area contributed by atoms with Gasteiger partial charge in [0, 0.05) is 6.04 Å². The Morgan fingerprint density at radius 2 is 1.95 bits per heavy atom. The number of aryl methyl sites for hydroxylation is 1. The Bertz CT molecular complexity index is 377. The minimum Gasteiger partial charge on any atom is -0.491 e. The molecule has 1 aromatic carbocycles. The SMILES string of the molecule is CCC(N)Cc1cccc(C)c1OCCOC(C)C. The van der Waals surface area contributed by atoms with Crippen molar-refractivity contribution in [3.05, 3.63) is 29.3 Å². The molecule has 0 fully saturated rings. The van der Waals surface area contributed by atoms with Crippen LogP contribution in [0.15, 0.2) is 18.2 Å². The molecule has 0 heterocycles. The lowest BCUT2D eigenvalue weighted by Gasteiger charge is -2.17. The molecule has 0 bridgehead atoms. The molecule has 0 saturated carbocycles. The van der Waals surface area contributed by atoms with E-state index in [2.05, 4.69) is 32.0 Å². The zero-order valence-electron chi connectivity index (χ0n) is 12.6. The lowest BCUT2D eigenvalue weighted by Crippen LogP contribution is -2.22. The summed E-state index contributed by atoms with van der Waals surface area (Å²) in [5, 5.41) is 0. The smallest absolute Gasteiger partial charge is 0.125 e. The van der Waals surface area contributed by atoms with Crippen molar-refractivity contribution in [2.24, 2.45) is 5.73 Å². The van der Waals surface area contributed by atoms with Gasteiger partial charge in [-0.25, -0.2) is 0 Å². The van der Waals surface area contributed by atoms with Crippen LogP contribution < -0.4 is 10.5 Å². The molecule has 1 atom stereocenters. The Labute approximate surface area is 117 Å². The van der Waals surface area contributed by atoms with E-state index in [1.165, 1.54) is 5.56 Å². The van der Waals surface area contributed by atoms with E-state index in [0.29, 0.717) is 13.2 Å². The monoisotopic (exact) mass is 265 g/mol. The first-order valence-corrected chi connectivity index (χ1v) is 7.13. The number of nitrogens with two attached hydrogens (primary N) is 1. The van der Waals surface area contributed by atoms with Crippen molar-refractivity contribution < 1.29 is 9.47 Å². The zero-order valence-corrected chi connectivity index (χ0v) is 12.6. The highest BCUT2D eigenvalue weighted by atomic mass is 16.5. The molecule has 2 N–H and O–H groups in total. The Balaban J connectivity index is 2.64. The largest absolute Gasteiger partial charge is 0.491 e. The van der Waals surface area contributed by atoms with Crippen molar-refractivity contribution in [1.82, 2.24) is 0 Å². The highest BCUT2D eigenvalue weighted by molar-refractivity contribution is 5.41. The first kappa shape index (κ1) is 16.0. The van der Waals surface area contributed by atoms with Gasteiger partial charge < -0.3 is 15.2 Å². The molecule has 0 aliphatic carbocycles. The average Bonchev–Trinajstić information content (AvgIpc) is 2.36. The fourth-order valence-electron chi connectivity index (χ4n) is 1.93. The van der Waals surface area contributed by atoms with Crippen LogP contribution >= 0.6 is 0 Å². The summed E-state index contributed by atoms with van der Waals surface area (Å²) in [5.74, 6) is 0.971. The normalized spacial score (nSPS) is 12.7. The van der Waals surface area contributed by atoms with Gasteiger partial charge in [-0.15, -0.1) is 0 Å². The van der Waals surface area contributed by atoms with E-state index >= 15 is 0 Å². The second-order valence-electron chi connectivity index (χ2n) is 5.20. The maximum atomic E-state index is 6.04. The van der Waals surface area contributed by atoms with E-state index in [1.54, 1.807) is 0 Å². The summed E-state index contributed by atoms with van der Waals surface area (Å²) >= 11 is 0. The van der Waals surface area contributed by atoms with Crippen LogP contribution in [0.3, 0.4) is 0 Å². The van der Waals surface area contributed by atoms with Crippen molar-refractivity contribution >= 4 is 0 Å². The summed E-state index contributed by atoms with van der Waals surface area (Å²) in [4.78, 5) is 0. The summed E-state index contributed by atoms with van der Waals surface area (Å²) < 4.78 is 11.4. The number of hydrogen-bond acceptors (Lipinski definition) is 3. The topological polar surface area (TPSA) is 44.5 Å². The molecular formula is C16H27NO2. The third-order valence-electron chi connectivity index (χ3n) is 3.08. The Kier molecular flexibility index (Phi) is 6.89. The maximum absolute atomic E-state index is 6.04. The lowest BCUT2D eigenvalue weighted by atomic mass is 10.0. The molecule has 108 valence electrons. The minimum atomic E-state index is 0.191. The van der Waals surface area contributed by atoms with Crippen molar-refractivity contribution in [3.8, 4) is 5.75 Å². The van der Waals surface area contributed by atoms with Gasteiger partial charge >= 0.3 is 0 Å². The van der Waals surface area contributed by atoms with Gasteiger partial charge in [0.15, 0.2) is 0 Å². The van der Waals surface area contributed by atoms with Crippen LogP contribution in [0.1, 0.15) is 38.3 Å². The lowest BCUT2D eigenvalue weighted by molar-refractivity contribution is 0.0549. The zero-order chi connectivity index (χ0) is 14.3. The van der Waals surface area contributed by atoms with Crippen LogP contribution in [-0.4, -0.2) is 25.4 Å². The molecular weight excluding hydrogens is 238 g/mol. The van der Waals surface area contributed by atoms with Gasteiger partial charge in [-0.1, -0.05) is 25.1 Å². The van der Waals surface area contributed by atoms with Gasteiger partial charge in [-0.05, 0) is 44.7 Å². The highest BCUT2D eigenvalue weighted by Gasteiger charge is 2.10. The van der Waals surface area contributed by atoms with Crippen LogP contribution in [0.25, 0.3) is 0 Å². The Morgan fingerprint density at radius 3 is 2.58 bits per heavy atom. The van der Waals surface area contributed by atoms with Crippen LogP contribution in [0.2, 0.25) is 0 Å². The Hall–Kier alpha value is -1.06. The Morgan fingerprint density at radius 1 is 1.21 bits per heavy atom. The van der Waals surface area contributed by atoms with E-state index in [1.807, 2.05) is 13.8 Å². The third kappa shape index (κ3) is 5.62. The molecule has 0 saturated heterocycles. The van der Waals surface area contributed by atoms with E-state index < -0.39 is 0 Å². The molecule has 0 amide bonds. The van der Waals surface area contributed by atoms with Crippen molar-refractivity contribution in [2.75, 3.05) is 13.2 Å². The van der Waals surface area contributed by atoms with Crippen LogP contribution in [0, 0.1) is 6.92 Å². The molecule has 0 aliphatic heterocycles. The molecule has 0 aliphatic rings. The summed E-state index contributed by atoms with van der Waals surface area (Å²) in [6.45, 7) is 9.43. The predicted octanol–water partition coefficient (Wildman–Crippen LogP) is 3.08. The van der Waals surface area contributed by atoms with Crippen molar-refractivity contribution in [3.63, 3.8) is 0 Å². The van der Waals surface area contributed by atoms with E-state index in [4.69, 9.17) is 15.2 Å². The predicted molar refractivity (Wildman–Crippen MR) is 79.7 cm³/mol. The fraction of sp³-hybridized carbons (Fsp3) is 0.625. The van der Waals surface area contributed by atoms with Gasteiger partial charge in [-0.3, -0.25) is 0 Å². The van der Waals surface area contributed by atoms with Crippen molar-refractivity contribution in [2.45, 2.75) is 52.7 Å². The van der Waals surface area contributed by atoms with E-state index in [9.17, 15) is 0 Å². The van der Waals surface area contributed by atoms with Crippen molar-refractivity contribution in [1.29, 1.82) is 0 Å². The number of benzene rings is 1. The summed E-state index contributed by atoms with van der Waals surface area (Å²) in [6, 6.07) is 6.42. The average molecular weight is 265 g/mol. The molecule has 3 heteroatoms. The minimum absolute atomic E-state index is 0.191. The van der Waals surface area contributed by atoms with Gasteiger partial charge in [0.1, 0.15) is 12.4 Å². The molecule has 0 radical (unpaired) electrons. The van der Waals surface area contributed by atoms with Crippen LogP contribution in [0.4, 0.5) is 0 Å². The molecule has 1 aromatic rings. The number of para-hydroxylation sites is 1. The van der Waals surface area contributed by atoms with E-state index in [0.717, 1.165) is 24.2 Å². The molecule has 1 rings (SSSR count). The van der Waals surface area contributed by atoms with Crippen LogP contribution in [-0.2, 0) is 11.2 Å². The molecule has 1 unspecified atom stereocenters. The molecule has 19 heavy (non-hydrogen) atoms. The third-order valence-corrected chi connectivity index (χ3v) is 3.08. The maximum Gasteiger partial charge on any atom is 0.125 e. The molecule has 0 aromatic heterocycles. The van der Waals surface area contributed by atoms with E-state index in [-0.39, 0.29) is 12.1 Å². The van der Waals surface area contributed by atoms with Gasteiger partial charge in [0.2, 0.25) is 0 Å². The quantitative estimate of drug-likeness (QED) is 0.735. The molecule has 0 spiro atoms. The van der Waals surface area contributed by atoms with Gasteiger partial charge in [-0.2, -0.15) is 0 Å². The first-order valence-electron chi connectivity index (χ1n) is 7.13. The standard InChI is InChI=1S/C16H27NO2/c1-5-15(17)11-14-8-6-7-13(4)16(14)19-10-9-18-12(2)3/h6-8,12,15H,5,9-11,17H2,1-4H3. The fourth-order valence-corrected chi connectivity index (χ4v) is 1.93. The number of rotatable bonds is 8. The molecule has 3 nitrogen and oxygen atoms in total. The van der Waals surface area contributed by atoms with Gasteiger partial charge in [0.05, 0.1) is 12.7 Å². The van der Waals surface area contributed by atoms with Crippen LogP contribution in [0.5, 0.6) is 5.75 Å². The summed E-state index contributed by atoms with van der Waals surface area (Å²) in [6.07, 6.45) is 2.08. The first-order chi connectivity index (χ1) is 9.04. The number of ether oxygens (including phenoxy) is 2. The van der Waals surface area contributed by atoms with Gasteiger partial charge in [0.25, 0.3) is 0 Å². The number of hydrogen-bond donors (Lipinski definition) is 1. The highest BCUT2D eigenvalue weighted by Crippen LogP contribution is 2.24. The summed E-state index contributed by atoms with van der Waals surface area (Å²) in [5.41, 5.74) is 8.39. The second-order valence-corrected chi connectivity index (χ2v) is 5.20.